The third-order valence-corrected chi connectivity index (χ3v) is 1.93. The van der Waals surface area contributed by atoms with Gasteiger partial charge in [0.05, 0.1) is 5.56 Å². The third kappa shape index (κ3) is 2.33. The van der Waals surface area contributed by atoms with E-state index in [2.05, 4.69) is 4.98 Å². The van der Waals surface area contributed by atoms with Crippen LogP contribution < -0.4 is 0 Å². The monoisotopic (exact) mass is 299 g/mol. The predicted molar refractivity (Wildman–Crippen MR) is 48.9 cm³/mol. The highest BCUT2D eigenvalue weighted by molar-refractivity contribution is 14.1. The molecular formula is C7H4F2INO2. The lowest BCUT2D eigenvalue weighted by Crippen LogP contribution is -2.06. The van der Waals surface area contributed by atoms with Gasteiger partial charge in [-0.3, -0.25) is 0 Å². The van der Waals surface area contributed by atoms with E-state index in [0.29, 0.717) is 3.70 Å². The molecule has 0 bridgehead atoms. The van der Waals surface area contributed by atoms with Gasteiger partial charge in [-0.15, -0.1) is 0 Å². The van der Waals surface area contributed by atoms with Crippen LogP contribution in [0.4, 0.5) is 8.78 Å². The zero-order valence-corrected chi connectivity index (χ0v) is 8.33. The highest BCUT2D eigenvalue weighted by Gasteiger charge is 2.19. The first-order chi connectivity index (χ1) is 6.02. The molecule has 0 saturated carbocycles. The molecule has 0 amide bonds. The molecule has 1 aromatic rings. The molecule has 0 spiro atoms. The van der Waals surface area contributed by atoms with Crippen molar-refractivity contribution in [3.8, 4) is 0 Å². The van der Waals surface area contributed by atoms with Gasteiger partial charge in [0.25, 0.3) is 6.43 Å². The number of aromatic nitrogens is 1. The van der Waals surface area contributed by atoms with Gasteiger partial charge in [0.1, 0.15) is 9.39 Å². The fraction of sp³-hybridized carbons (Fsp3) is 0.143. The van der Waals surface area contributed by atoms with Gasteiger partial charge in [-0.25, -0.2) is 18.6 Å². The van der Waals surface area contributed by atoms with E-state index in [-0.39, 0.29) is 0 Å². The summed E-state index contributed by atoms with van der Waals surface area (Å²) in [6.45, 7) is 0. The molecule has 6 heteroatoms. The van der Waals surface area contributed by atoms with Crippen molar-refractivity contribution in [1.82, 2.24) is 4.98 Å². The maximum absolute atomic E-state index is 12.2. The first-order valence-electron chi connectivity index (χ1n) is 3.20. The first kappa shape index (κ1) is 10.3. The fourth-order valence-electron chi connectivity index (χ4n) is 0.797. The summed E-state index contributed by atoms with van der Waals surface area (Å²) in [5.74, 6) is -1.39. The second-order valence-corrected chi connectivity index (χ2v) is 3.28. The molecule has 1 aromatic heterocycles. The maximum atomic E-state index is 12.2. The van der Waals surface area contributed by atoms with Gasteiger partial charge in [0.15, 0.2) is 0 Å². The Morgan fingerprint density at radius 1 is 1.54 bits per heavy atom. The Morgan fingerprint density at radius 2 is 2.15 bits per heavy atom. The van der Waals surface area contributed by atoms with Crippen LogP contribution >= 0.6 is 22.6 Å². The smallest absolute Gasteiger partial charge is 0.337 e. The highest BCUT2D eigenvalue weighted by Crippen LogP contribution is 2.21. The van der Waals surface area contributed by atoms with Crippen LogP contribution in [0.2, 0.25) is 0 Å². The molecule has 0 aliphatic heterocycles. The Balaban J connectivity index is 3.26. The highest BCUT2D eigenvalue weighted by atomic mass is 127. The minimum Gasteiger partial charge on any atom is -0.478 e. The van der Waals surface area contributed by atoms with Gasteiger partial charge in [0.2, 0.25) is 0 Å². The van der Waals surface area contributed by atoms with E-state index in [1.165, 1.54) is 6.07 Å². The minimum atomic E-state index is -2.86. The number of alkyl halides is 2. The van der Waals surface area contributed by atoms with Gasteiger partial charge in [-0.1, -0.05) is 0 Å². The lowest BCUT2D eigenvalue weighted by molar-refractivity contribution is 0.0682. The van der Waals surface area contributed by atoms with Crippen LogP contribution in [0.3, 0.4) is 0 Å². The number of nitrogens with zero attached hydrogens (tertiary/aromatic N) is 1. The molecule has 0 saturated heterocycles. The molecule has 0 aliphatic carbocycles. The largest absolute Gasteiger partial charge is 0.478 e. The van der Waals surface area contributed by atoms with Crippen molar-refractivity contribution in [2.45, 2.75) is 6.43 Å². The van der Waals surface area contributed by atoms with Crippen molar-refractivity contribution < 1.29 is 18.7 Å². The number of rotatable bonds is 2. The quantitative estimate of drug-likeness (QED) is 0.673. The molecule has 0 aromatic carbocycles. The number of hydrogen-bond donors (Lipinski definition) is 1. The molecule has 0 unspecified atom stereocenters. The van der Waals surface area contributed by atoms with Crippen LogP contribution in [-0.4, -0.2) is 16.1 Å². The average Bonchev–Trinajstić information content (AvgIpc) is 2.03. The number of carboxylic acid groups (broad SMARTS) is 1. The number of carboxylic acids is 1. The number of aromatic carboxylic acids is 1. The molecule has 70 valence electrons. The van der Waals surface area contributed by atoms with Crippen molar-refractivity contribution in [3.63, 3.8) is 0 Å². The fourth-order valence-corrected chi connectivity index (χ4v) is 1.24. The van der Waals surface area contributed by atoms with Gasteiger partial charge in [-0.2, -0.15) is 0 Å². The normalized spacial score (nSPS) is 10.5. The summed E-state index contributed by atoms with van der Waals surface area (Å²) in [5, 5.41) is 8.53. The maximum Gasteiger partial charge on any atom is 0.337 e. The van der Waals surface area contributed by atoms with E-state index in [9.17, 15) is 13.6 Å². The molecule has 0 aliphatic rings. The average molecular weight is 299 g/mol. The van der Waals surface area contributed by atoms with Gasteiger partial charge >= 0.3 is 5.97 Å². The third-order valence-electron chi connectivity index (χ3n) is 1.33. The summed E-state index contributed by atoms with van der Waals surface area (Å²) in [5.41, 5.74) is -1.13. The molecule has 1 rings (SSSR count). The molecule has 1 heterocycles. The van der Waals surface area contributed by atoms with E-state index in [1.54, 1.807) is 22.6 Å². The molecule has 13 heavy (non-hydrogen) atoms. The van der Waals surface area contributed by atoms with Crippen LogP contribution in [0, 0.1) is 3.70 Å². The van der Waals surface area contributed by atoms with Gasteiger partial charge < -0.3 is 5.11 Å². The van der Waals surface area contributed by atoms with Crippen LogP contribution in [0.5, 0.6) is 0 Å². The molecule has 0 atom stereocenters. The summed E-state index contributed by atoms with van der Waals surface area (Å²) >= 11 is 1.74. The molecule has 0 radical (unpaired) electrons. The van der Waals surface area contributed by atoms with Crippen LogP contribution in [0.1, 0.15) is 22.5 Å². The Bertz CT molecular complexity index is 343. The van der Waals surface area contributed by atoms with E-state index in [1.807, 2.05) is 0 Å². The van der Waals surface area contributed by atoms with Crippen LogP contribution in [-0.2, 0) is 0 Å². The van der Waals surface area contributed by atoms with Gasteiger partial charge in [0, 0.05) is 0 Å². The predicted octanol–water partition coefficient (Wildman–Crippen LogP) is 2.32. The van der Waals surface area contributed by atoms with Crippen molar-refractivity contribution in [2.24, 2.45) is 0 Å². The number of pyridine rings is 1. The lowest BCUT2D eigenvalue weighted by atomic mass is 10.2. The first-order valence-corrected chi connectivity index (χ1v) is 4.28. The van der Waals surface area contributed by atoms with Crippen molar-refractivity contribution in [1.29, 1.82) is 0 Å². The number of halogens is 3. The van der Waals surface area contributed by atoms with Crippen molar-refractivity contribution >= 4 is 28.6 Å². The van der Waals surface area contributed by atoms with Gasteiger partial charge in [-0.05, 0) is 34.7 Å². The summed E-state index contributed by atoms with van der Waals surface area (Å²) < 4.78 is 24.8. The SMILES string of the molecule is O=C(O)c1ccc(I)nc1C(F)F. The lowest BCUT2D eigenvalue weighted by Gasteiger charge is -2.03. The Labute approximate surface area is 85.9 Å². The van der Waals surface area contributed by atoms with Crippen LogP contribution in [0.15, 0.2) is 12.1 Å². The van der Waals surface area contributed by atoms with Crippen LogP contribution in [0.25, 0.3) is 0 Å². The Hall–Kier alpha value is -0.790. The minimum absolute atomic E-state index is 0.345. The summed E-state index contributed by atoms with van der Waals surface area (Å²) in [4.78, 5) is 13.9. The zero-order chi connectivity index (χ0) is 10.0. The standard InChI is InChI=1S/C7H4F2INO2/c8-6(9)5-3(7(12)13)1-2-4(10)11-5/h1-2,6H,(H,12,13). The molecule has 0 fully saturated rings. The second-order valence-electron chi connectivity index (χ2n) is 2.17. The Kier molecular flexibility index (Phi) is 3.12. The molecular weight excluding hydrogens is 295 g/mol. The van der Waals surface area contributed by atoms with E-state index >= 15 is 0 Å². The Morgan fingerprint density at radius 3 is 2.62 bits per heavy atom. The van der Waals surface area contributed by atoms with Crippen molar-refractivity contribution in [2.75, 3.05) is 0 Å². The number of carbonyl (C=O) groups is 1. The van der Waals surface area contributed by atoms with E-state index < -0.39 is 23.7 Å². The topological polar surface area (TPSA) is 50.2 Å². The van der Waals surface area contributed by atoms with E-state index in [0.717, 1.165) is 6.07 Å². The summed E-state index contributed by atoms with van der Waals surface area (Å²) in [7, 11) is 0. The second kappa shape index (κ2) is 3.95. The number of hydrogen-bond acceptors (Lipinski definition) is 2. The summed E-state index contributed by atoms with van der Waals surface area (Å²) in [6, 6.07) is 2.49. The summed E-state index contributed by atoms with van der Waals surface area (Å²) in [6.07, 6.45) is -2.86. The zero-order valence-electron chi connectivity index (χ0n) is 6.17. The molecule has 1 N–H and O–H groups in total. The van der Waals surface area contributed by atoms with E-state index in [4.69, 9.17) is 5.11 Å². The molecule has 3 nitrogen and oxygen atoms in total. The van der Waals surface area contributed by atoms with Crippen molar-refractivity contribution in [3.05, 3.63) is 27.1 Å².